The summed E-state index contributed by atoms with van der Waals surface area (Å²) >= 11 is 0. The van der Waals surface area contributed by atoms with E-state index in [4.69, 9.17) is 37.9 Å². The highest BCUT2D eigenvalue weighted by Gasteiger charge is 2.51. The van der Waals surface area contributed by atoms with Gasteiger partial charge in [0.1, 0.15) is 22.8 Å². The first-order valence-electron chi connectivity index (χ1n) is 16.1. The summed E-state index contributed by atoms with van der Waals surface area (Å²) in [5, 5.41) is 0. The van der Waals surface area contributed by atoms with Gasteiger partial charge in [0.15, 0.2) is 29.1 Å². The second-order valence-corrected chi connectivity index (χ2v) is 14.3. The Morgan fingerprint density at radius 2 is 1.50 bits per heavy atom. The molecule has 2 amide bonds. The van der Waals surface area contributed by atoms with Crippen molar-refractivity contribution in [3.05, 3.63) is 39.9 Å². The molecule has 1 unspecified atom stereocenters. The lowest BCUT2D eigenvalue weighted by Crippen LogP contribution is -2.45. The van der Waals surface area contributed by atoms with E-state index in [0.29, 0.717) is 60.1 Å². The van der Waals surface area contributed by atoms with Gasteiger partial charge in [-0.2, -0.15) is 0 Å². The van der Waals surface area contributed by atoms with Crippen molar-refractivity contribution >= 4 is 18.2 Å². The van der Waals surface area contributed by atoms with E-state index in [-0.39, 0.29) is 36.7 Å². The van der Waals surface area contributed by atoms with Gasteiger partial charge in [-0.15, -0.1) is 0 Å². The number of hydrogen-bond acceptors (Lipinski definition) is 11. The molecule has 4 aliphatic heterocycles. The van der Waals surface area contributed by atoms with Crippen LogP contribution in [0.15, 0.2) is 12.1 Å². The van der Waals surface area contributed by atoms with Crippen molar-refractivity contribution in [1.82, 2.24) is 9.80 Å². The van der Waals surface area contributed by atoms with E-state index in [2.05, 4.69) is 0 Å². The number of carbonyl (C=O) groups excluding carboxylic acids is 3. The van der Waals surface area contributed by atoms with Gasteiger partial charge in [-0.25, -0.2) is 14.4 Å². The Labute approximate surface area is 280 Å². The van der Waals surface area contributed by atoms with Crippen molar-refractivity contribution in [2.75, 3.05) is 47.8 Å². The van der Waals surface area contributed by atoms with Gasteiger partial charge in [0.25, 0.3) is 0 Å². The zero-order valence-corrected chi connectivity index (χ0v) is 29.0. The largest absolute Gasteiger partial charge is 0.493 e. The number of methoxy groups -OCH3 is 3. The minimum atomic E-state index is -0.956. The normalized spacial score (nSPS) is 21.4. The molecule has 0 radical (unpaired) electrons. The van der Waals surface area contributed by atoms with Crippen LogP contribution in [0.5, 0.6) is 28.7 Å². The summed E-state index contributed by atoms with van der Waals surface area (Å²) in [4.78, 5) is 43.9. The summed E-state index contributed by atoms with van der Waals surface area (Å²) in [6.07, 6.45) is -0.819. The summed E-state index contributed by atoms with van der Waals surface area (Å²) in [5.74, 6) is 1.23. The SMILES string of the molecule is COc1ccc2c(c1OC)C(=O)O[C@@H]2[C@H]1c2c(c(C3CCN(C(=O)OC(C)(C)C)C3)c3c(c2OC)OCO3)CCN1C(=O)OC(C)(C)C. The number of ether oxygens (including phenoxy) is 8. The van der Waals surface area contributed by atoms with Crippen LogP contribution in [0.2, 0.25) is 0 Å². The molecule has 0 spiro atoms. The average Bonchev–Trinajstić information content (AvgIpc) is 3.76. The van der Waals surface area contributed by atoms with Crippen LogP contribution >= 0.6 is 0 Å². The van der Waals surface area contributed by atoms with Crippen molar-refractivity contribution in [3.8, 4) is 28.7 Å². The number of benzene rings is 2. The van der Waals surface area contributed by atoms with Gasteiger partial charge in [-0.3, -0.25) is 4.90 Å². The van der Waals surface area contributed by atoms with Gasteiger partial charge in [0.05, 0.1) is 21.3 Å². The van der Waals surface area contributed by atoms with Crippen molar-refractivity contribution in [2.24, 2.45) is 0 Å². The number of likely N-dealkylation sites (tertiary alicyclic amines) is 1. The molecular formula is C35H44N2O11. The van der Waals surface area contributed by atoms with Gasteiger partial charge in [-0.05, 0) is 66.0 Å². The molecule has 1 saturated heterocycles. The van der Waals surface area contributed by atoms with Crippen LogP contribution in [0.3, 0.4) is 0 Å². The predicted molar refractivity (Wildman–Crippen MR) is 171 cm³/mol. The highest BCUT2D eigenvalue weighted by molar-refractivity contribution is 5.98. The Bertz CT molecular complexity index is 1640. The molecule has 4 heterocycles. The number of nitrogens with zero attached hydrogens (tertiary/aromatic N) is 2. The molecule has 4 aliphatic rings. The summed E-state index contributed by atoms with van der Waals surface area (Å²) < 4.78 is 47.0. The number of carbonyl (C=O) groups is 3. The highest BCUT2D eigenvalue weighted by atomic mass is 16.7. The maximum Gasteiger partial charge on any atom is 0.410 e. The van der Waals surface area contributed by atoms with E-state index < -0.39 is 35.4 Å². The molecule has 0 aromatic heterocycles. The van der Waals surface area contributed by atoms with E-state index >= 15 is 0 Å². The first-order chi connectivity index (χ1) is 22.7. The van der Waals surface area contributed by atoms with Crippen molar-refractivity contribution < 1.29 is 52.3 Å². The highest BCUT2D eigenvalue weighted by Crippen LogP contribution is 2.59. The summed E-state index contributed by atoms with van der Waals surface area (Å²) in [5.41, 5.74) is 1.74. The third-order valence-corrected chi connectivity index (χ3v) is 8.88. The molecular weight excluding hydrogens is 624 g/mol. The number of cyclic esters (lactones) is 1. The van der Waals surface area contributed by atoms with Crippen molar-refractivity contribution in [3.63, 3.8) is 0 Å². The lowest BCUT2D eigenvalue weighted by Gasteiger charge is -2.42. The molecule has 0 bridgehead atoms. The van der Waals surface area contributed by atoms with E-state index in [9.17, 15) is 14.4 Å². The van der Waals surface area contributed by atoms with Crippen LogP contribution in [0.4, 0.5) is 9.59 Å². The summed E-state index contributed by atoms with van der Waals surface area (Å²) in [6, 6.07) is 2.59. The number of esters is 1. The molecule has 2 aromatic rings. The topological polar surface area (TPSA) is 132 Å². The number of rotatable bonds is 5. The van der Waals surface area contributed by atoms with E-state index in [1.54, 1.807) is 42.7 Å². The Morgan fingerprint density at radius 1 is 0.833 bits per heavy atom. The maximum atomic E-state index is 14.0. The predicted octanol–water partition coefficient (Wildman–Crippen LogP) is 5.91. The molecule has 6 rings (SSSR count). The van der Waals surface area contributed by atoms with Crippen LogP contribution in [0, 0.1) is 0 Å². The van der Waals surface area contributed by atoms with Crippen LogP contribution in [-0.4, -0.2) is 86.9 Å². The van der Waals surface area contributed by atoms with Crippen molar-refractivity contribution in [1.29, 1.82) is 0 Å². The van der Waals surface area contributed by atoms with Gasteiger partial charge in [0.2, 0.25) is 12.5 Å². The Morgan fingerprint density at radius 3 is 2.15 bits per heavy atom. The minimum absolute atomic E-state index is 0.0250. The number of hydrogen-bond donors (Lipinski definition) is 0. The first-order valence-corrected chi connectivity index (χ1v) is 16.1. The van der Waals surface area contributed by atoms with E-state index in [0.717, 1.165) is 11.1 Å². The molecule has 260 valence electrons. The van der Waals surface area contributed by atoms with Crippen LogP contribution in [-0.2, 0) is 20.6 Å². The first kappa shape index (κ1) is 33.4. The Balaban J connectivity index is 1.53. The second kappa shape index (κ2) is 12.2. The van der Waals surface area contributed by atoms with Gasteiger partial charge in [-0.1, -0.05) is 6.07 Å². The zero-order chi connectivity index (χ0) is 34.7. The summed E-state index contributed by atoms with van der Waals surface area (Å²) in [7, 11) is 4.48. The van der Waals surface area contributed by atoms with Gasteiger partial charge >= 0.3 is 18.2 Å². The smallest absolute Gasteiger partial charge is 0.410 e. The number of fused-ring (bicyclic) bond motifs is 3. The molecule has 2 aromatic carbocycles. The van der Waals surface area contributed by atoms with E-state index in [1.807, 2.05) is 20.8 Å². The van der Waals surface area contributed by atoms with Crippen LogP contribution in [0.1, 0.15) is 98.6 Å². The fourth-order valence-corrected chi connectivity index (χ4v) is 7.12. The Kier molecular flexibility index (Phi) is 8.45. The molecule has 0 aliphatic carbocycles. The molecule has 13 heteroatoms. The number of amides is 2. The van der Waals surface area contributed by atoms with Crippen molar-refractivity contribution in [2.45, 2.75) is 83.6 Å². The van der Waals surface area contributed by atoms with Crippen LogP contribution in [0.25, 0.3) is 0 Å². The van der Waals surface area contributed by atoms with Gasteiger partial charge < -0.3 is 42.8 Å². The molecule has 0 N–H and O–H groups in total. The lowest BCUT2D eigenvalue weighted by atomic mass is 9.79. The monoisotopic (exact) mass is 668 g/mol. The summed E-state index contributed by atoms with van der Waals surface area (Å²) in [6.45, 7) is 12.0. The fourth-order valence-electron chi connectivity index (χ4n) is 7.12. The molecule has 0 saturated carbocycles. The van der Waals surface area contributed by atoms with Gasteiger partial charge in [0, 0.05) is 42.2 Å². The molecule has 48 heavy (non-hydrogen) atoms. The third kappa shape index (κ3) is 5.77. The zero-order valence-electron chi connectivity index (χ0n) is 29.0. The lowest BCUT2D eigenvalue weighted by molar-refractivity contribution is -0.0195. The Hall–Kier alpha value is -4.55. The van der Waals surface area contributed by atoms with E-state index in [1.165, 1.54) is 21.3 Å². The maximum absolute atomic E-state index is 14.0. The minimum Gasteiger partial charge on any atom is -0.493 e. The molecule has 3 atom stereocenters. The third-order valence-electron chi connectivity index (χ3n) is 8.88. The second-order valence-electron chi connectivity index (χ2n) is 14.3. The average molecular weight is 669 g/mol. The fraction of sp³-hybridized carbons (Fsp3) is 0.571. The quantitative estimate of drug-likeness (QED) is 0.278. The molecule has 1 fully saturated rings. The van der Waals surface area contributed by atoms with Crippen LogP contribution < -0.4 is 23.7 Å². The standard InChI is InChI=1S/C35H44N2O11/c1-34(2,3)47-32(39)36-14-12-18(16-36)22-19-13-15-37(33(40)48-35(4,5)6)25(23(19)28(43-9)30-29(22)44-17-45-30)26-20-10-11-21(41-7)27(42-8)24(20)31(38)46-26/h10-11,18,25-26H,12-17H2,1-9H3/t18?,25-,26+/m1/s1. The molecule has 13 nitrogen and oxygen atoms in total.